The third kappa shape index (κ3) is 2.58. The third-order valence-electron chi connectivity index (χ3n) is 4.53. The van der Waals surface area contributed by atoms with E-state index in [1.54, 1.807) is 0 Å². The summed E-state index contributed by atoms with van der Waals surface area (Å²) in [5.74, 6) is 0. The second-order valence-electron chi connectivity index (χ2n) is 6.74. The van der Waals surface area contributed by atoms with Gasteiger partial charge >= 0.3 is 0 Å². The lowest BCUT2D eigenvalue weighted by Crippen LogP contribution is -2.33. The Morgan fingerprint density at radius 3 is 2.55 bits per heavy atom. The minimum Gasteiger partial charge on any atom is -0.329 e. The summed E-state index contributed by atoms with van der Waals surface area (Å²) in [5.41, 5.74) is 7.85. The Morgan fingerprint density at radius 1 is 1.15 bits per heavy atom. The van der Waals surface area contributed by atoms with Crippen molar-refractivity contribution in [3.8, 4) is 0 Å². The van der Waals surface area contributed by atoms with Crippen molar-refractivity contribution in [3.63, 3.8) is 0 Å². The summed E-state index contributed by atoms with van der Waals surface area (Å²) in [7, 11) is 0. The van der Waals surface area contributed by atoms with E-state index in [1.165, 1.54) is 22.8 Å². The minimum atomic E-state index is 0.349. The standard InChI is InChI=1S/C18H24N2/c1-18(2)9-10-20(13-18)17(12-19)16-8-7-14-5-3-4-6-15(14)11-16/h3-8,11,17H,9-10,12-13,19H2,1-2H3. The van der Waals surface area contributed by atoms with Crippen LogP contribution in [0.15, 0.2) is 42.5 Å². The predicted octanol–water partition coefficient (Wildman–Crippen LogP) is 3.57. The Kier molecular flexibility index (Phi) is 3.53. The fraction of sp³-hybridized carbons (Fsp3) is 0.444. The smallest absolute Gasteiger partial charge is 0.0470 e. The molecule has 0 bridgehead atoms. The van der Waals surface area contributed by atoms with Crippen LogP contribution in [-0.2, 0) is 0 Å². The van der Waals surface area contributed by atoms with E-state index in [0.717, 1.165) is 13.1 Å². The average Bonchev–Trinajstić information content (AvgIpc) is 2.80. The van der Waals surface area contributed by atoms with Gasteiger partial charge in [-0.15, -0.1) is 0 Å². The first-order valence-corrected chi connectivity index (χ1v) is 7.52. The largest absolute Gasteiger partial charge is 0.329 e. The number of nitrogens with zero attached hydrogens (tertiary/aromatic N) is 1. The molecule has 1 aliphatic rings. The predicted molar refractivity (Wildman–Crippen MR) is 85.7 cm³/mol. The summed E-state index contributed by atoms with van der Waals surface area (Å²) in [6.07, 6.45) is 1.26. The Balaban J connectivity index is 1.91. The molecule has 0 aliphatic carbocycles. The molecule has 1 fully saturated rings. The monoisotopic (exact) mass is 268 g/mol. The molecule has 2 aromatic carbocycles. The lowest BCUT2D eigenvalue weighted by molar-refractivity contribution is 0.223. The maximum atomic E-state index is 6.08. The molecule has 0 amide bonds. The SMILES string of the molecule is CC1(C)CCN(C(CN)c2ccc3ccccc3c2)C1. The summed E-state index contributed by atoms with van der Waals surface area (Å²) >= 11 is 0. The zero-order valence-electron chi connectivity index (χ0n) is 12.5. The molecule has 1 saturated heterocycles. The van der Waals surface area contributed by atoms with E-state index in [9.17, 15) is 0 Å². The fourth-order valence-electron chi connectivity index (χ4n) is 3.33. The van der Waals surface area contributed by atoms with Gasteiger partial charge in [0.1, 0.15) is 0 Å². The van der Waals surface area contributed by atoms with Crippen LogP contribution >= 0.6 is 0 Å². The molecule has 2 aromatic rings. The van der Waals surface area contributed by atoms with Crippen molar-refractivity contribution in [3.05, 3.63) is 48.0 Å². The lowest BCUT2D eigenvalue weighted by Gasteiger charge is -2.28. The van der Waals surface area contributed by atoms with Crippen molar-refractivity contribution in [1.82, 2.24) is 4.90 Å². The van der Waals surface area contributed by atoms with Crippen molar-refractivity contribution < 1.29 is 0 Å². The molecule has 2 heteroatoms. The molecule has 0 radical (unpaired) electrons. The molecule has 2 nitrogen and oxygen atoms in total. The number of fused-ring (bicyclic) bond motifs is 1. The van der Waals surface area contributed by atoms with Crippen LogP contribution in [0.2, 0.25) is 0 Å². The molecule has 1 heterocycles. The van der Waals surface area contributed by atoms with Gasteiger partial charge in [0, 0.05) is 19.1 Å². The molecule has 1 atom stereocenters. The van der Waals surface area contributed by atoms with Crippen LogP contribution in [0.25, 0.3) is 10.8 Å². The third-order valence-corrected chi connectivity index (χ3v) is 4.53. The quantitative estimate of drug-likeness (QED) is 0.922. The number of hydrogen-bond acceptors (Lipinski definition) is 2. The van der Waals surface area contributed by atoms with E-state index in [0.29, 0.717) is 18.0 Å². The van der Waals surface area contributed by atoms with Crippen LogP contribution in [0.1, 0.15) is 31.9 Å². The van der Waals surface area contributed by atoms with Gasteiger partial charge in [0.2, 0.25) is 0 Å². The van der Waals surface area contributed by atoms with Gasteiger partial charge in [-0.2, -0.15) is 0 Å². The molecule has 0 saturated carbocycles. The summed E-state index contributed by atoms with van der Waals surface area (Å²) in [6, 6.07) is 15.6. The van der Waals surface area contributed by atoms with E-state index in [4.69, 9.17) is 5.73 Å². The first kappa shape index (κ1) is 13.6. The van der Waals surface area contributed by atoms with E-state index in [-0.39, 0.29) is 0 Å². The van der Waals surface area contributed by atoms with Crippen LogP contribution in [-0.4, -0.2) is 24.5 Å². The highest BCUT2D eigenvalue weighted by molar-refractivity contribution is 5.83. The zero-order chi connectivity index (χ0) is 14.2. The second-order valence-corrected chi connectivity index (χ2v) is 6.74. The molecule has 0 aromatic heterocycles. The Morgan fingerprint density at radius 2 is 1.90 bits per heavy atom. The summed E-state index contributed by atoms with van der Waals surface area (Å²) in [4.78, 5) is 2.55. The highest BCUT2D eigenvalue weighted by atomic mass is 15.2. The Labute approximate surface area is 121 Å². The molecule has 2 N–H and O–H groups in total. The number of rotatable bonds is 3. The van der Waals surface area contributed by atoms with Gasteiger partial charge in [-0.3, -0.25) is 4.90 Å². The molecular formula is C18H24N2. The lowest BCUT2D eigenvalue weighted by atomic mass is 9.93. The summed E-state index contributed by atoms with van der Waals surface area (Å²) in [5, 5.41) is 2.61. The highest BCUT2D eigenvalue weighted by Gasteiger charge is 2.33. The van der Waals surface area contributed by atoms with Gasteiger partial charge in [0.05, 0.1) is 0 Å². The van der Waals surface area contributed by atoms with Gasteiger partial charge in [0.15, 0.2) is 0 Å². The van der Waals surface area contributed by atoms with Gasteiger partial charge < -0.3 is 5.73 Å². The van der Waals surface area contributed by atoms with Crippen molar-refractivity contribution in [2.75, 3.05) is 19.6 Å². The van der Waals surface area contributed by atoms with Crippen molar-refractivity contribution in [1.29, 1.82) is 0 Å². The number of likely N-dealkylation sites (tertiary alicyclic amines) is 1. The minimum absolute atomic E-state index is 0.349. The Bertz CT molecular complexity index is 603. The number of benzene rings is 2. The average molecular weight is 268 g/mol. The van der Waals surface area contributed by atoms with Gasteiger partial charge in [0.25, 0.3) is 0 Å². The van der Waals surface area contributed by atoms with E-state index in [2.05, 4.69) is 61.2 Å². The zero-order valence-corrected chi connectivity index (χ0v) is 12.5. The van der Waals surface area contributed by atoms with Gasteiger partial charge in [-0.1, -0.05) is 50.2 Å². The fourth-order valence-corrected chi connectivity index (χ4v) is 3.33. The topological polar surface area (TPSA) is 29.3 Å². The van der Waals surface area contributed by atoms with Crippen molar-refractivity contribution in [2.24, 2.45) is 11.1 Å². The van der Waals surface area contributed by atoms with Gasteiger partial charge in [-0.25, -0.2) is 0 Å². The van der Waals surface area contributed by atoms with E-state index in [1.807, 2.05) is 0 Å². The van der Waals surface area contributed by atoms with Crippen LogP contribution in [0.5, 0.6) is 0 Å². The summed E-state index contributed by atoms with van der Waals surface area (Å²) < 4.78 is 0. The molecule has 0 spiro atoms. The number of hydrogen-bond donors (Lipinski definition) is 1. The summed E-state index contributed by atoms with van der Waals surface area (Å²) in [6.45, 7) is 7.68. The van der Waals surface area contributed by atoms with Gasteiger partial charge in [-0.05, 0) is 40.8 Å². The van der Waals surface area contributed by atoms with Crippen LogP contribution in [0, 0.1) is 5.41 Å². The molecule has 20 heavy (non-hydrogen) atoms. The molecular weight excluding hydrogens is 244 g/mol. The molecule has 1 aliphatic heterocycles. The molecule has 1 unspecified atom stereocenters. The Hall–Kier alpha value is -1.38. The first-order valence-electron chi connectivity index (χ1n) is 7.52. The maximum absolute atomic E-state index is 6.08. The second kappa shape index (κ2) is 5.19. The van der Waals surface area contributed by atoms with Crippen LogP contribution in [0.3, 0.4) is 0 Å². The van der Waals surface area contributed by atoms with Crippen molar-refractivity contribution >= 4 is 10.8 Å². The van der Waals surface area contributed by atoms with Crippen LogP contribution in [0.4, 0.5) is 0 Å². The van der Waals surface area contributed by atoms with E-state index < -0.39 is 0 Å². The highest BCUT2D eigenvalue weighted by Crippen LogP contribution is 2.35. The number of nitrogens with two attached hydrogens (primary N) is 1. The molecule has 3 rings (SSSR count). The van der Waals surface area contributed by atoms with E-state index >= 15 is 0 Å². The first-order chi connectivity index (χ1) is 9.59. The van der Waals surface area contributed by atoms with Crippen LogP contribution < -0.4 is 5.73 Å². The maximum Gasteiger partial charge on any atom is 0.0470 e. The normalized spacial score (nSPS) is 20.4. The molecule has 106 valence electrons. The van der Waals surface area contributed by atoms with Crippen molar-refractivity contribution in [2.45, 2.75) is 26.3 Å².